The first kappa shape index (κ1) is 11.3. The lowest BCUT2D eigenvalue weighted by molar-refractivity contribution is 0.0601. The van der Waals surface area contributed by atoms with Gasteiger partial charge in [-0.15, -0.1) is 0 Å². The van der Waals surface area contributed by atoms with Gasteiger partial charge in [-0.2, -0.15) is 5.10 Å². The molecule has 3 aromatic rings. The molecule has 0 spiro atoms. The number of H-pyrrole nitrogens is 2. The molecule has 7 heteroatoms. The zero-order valence-corrected chi connectivity index (χ0v) is 10.1. The maximum atomic E-state index is 11.5. The summed E-state index contributed by atoms with van der Waals surface area (Å²) in [6, 6.07) is 5.09. The second kappa shape index (κ2) is 4.13. The summed E-state index contributed by atoms with van der Waals surface area (Å²) in [7, 11) is 1.34. The molecule has 2 heterocycles. The Kier molecular flexibility index (Phi) is 2.45. The van der Waals surface area contributed by atoms with E-state index in [2.05, 4.69) is 24.9 Å². The first-order valence-electron chi connectivity index (χ1n) is 5.56. The monoisotopic (exact) mass is 257 g/mol. The van der Waals surface area contributed by atoms with Gasteiger partial charge < -0.3 is 15.5 Å². The van der Waals surface area contributed by atoms with E-state index in [1.165, 1.54) is 13.3 Å². The van der Waals surface area contributed by atoms with Gasteiger partial charge in [-0.1, -0.05) is 0 Å². The number of carbonyl (C=O) groups excluding carboxylic acids is 1. The van der Waals surface area contributed by atoms with E-state index >= 15 is 0 Å². The van der Waals surface area contributed by atoms with E-state index < -0.39 is 0 Å². The third-order valence-electron chi connectivity index (χ3n) is 2.81. The van der Waals surface area contributed by atoms with Crippen LogP contribution in [-0.2, 0) is 4.74 Å². The van der Waals surface area contributed by atoms with Crippen molar-refractivity contribution in [1.82, 2.24) is 20.2 Å². The number of nitrogens with two attached hydrogens (primary N) is 1. The molecule has 1 aromatic carbocycles. The number of nitrogens with one attached hydrogen (secondary N) is 2. The second-order valence-electron chi connectivity index (χ2n) is 4.01. The molecule has 7 nitrogen and oxygen atoms in total. The number of ether oxygens (including phenoxy) is 1. The van der Waals surface area contributed by atoms with E-state index in [1.807, 2.05) is 0 Å². The van der Waals surface area contributed by atoms with Crippen LogP contribution in [0.1, 0.15) is 10.4 Å². The summed E-state index contributed by atoms with van der Waals surface area (Å²) >= 11 is 0. The van der Waals surface area contributed by atoms with Crippen molar-refractivity contribution >= 4 is 22.7 Å². The van der Waals surface area contributed by atoms with Crippen LogP contribution in [0.25, 0.3) is 22.6 Å². The third-order valence-corrected chi connectivity index (χ3v) is 2.81. The van der Waals surface area contributed by atoms with Crippen LogP contribution in [0.15, 0.2) is 24.4 Å². The zero-order valence-electron chi connectivity index (χ0n) is 10.1. The van der Waals surface area contributed by atoms with E-state index in [9.17, 15) is 4.79 Å². The van der Waals surface area contributed by atoms with Gasteiger partial charge in [0.15, 0.2) is 5.82 Å². The quantitative estimate of drug-likeness (QED) is 0.600. The normalized spacial score (nSPS) is 10.8. The molecule has 19 heavy (non-hydrogen) atoms. The number of rotatable bonds is 2. The van der Waals surface area contributed by atoms with Gasteiger partial charge in [0, 0.05) is 0 Å². The van der Waals surface area contributed by atoms with Crippen molar-refractivity contribution in [2.24, 2.45) is 0 Å². The number of hydrogen-bond acceptors (Lipinski definition) is 5. The largest absolute Gasteiger partial charge is 0.465 e. The molecule has 0 saturated carbocycles. The first-order chi connectivity index (χ1) is 9.19. The SMILES string of the molecule is COC(=O)c1ccc2nc(-c3[nH]ncc3N)[nH]c2c1. The topological polar surface area (TPSA) is 110 Å². The predicted octanol–water partition coefficient (Wildman–Crippen LogP) is 1.32. The standard InChI is InChI=1S/C12H11N5O2/c1-19-12(18)6-2-3-8-9(4-6)16-11(15-8)10-7(13)5-14-17-10/h2-5H,13H2,1H3,(H,14,17)(H,15,16). The van der Waals surface area contributed by atoms with Gasteiger partial charge in [0.2, 0.25) is 0 Å². The van der Waals surface area contributed by atoms with Crippen LogP contribution in [0.2, 0.25) is 0 Å². The number of imidazole rings is 1. The summed E-state index contributed by atoms with van der Waals surface area (Å²) in [5, 5.41) is 6.61. The van der Waals surface area contributed by atoms with Crippen molar-refractivity contribution < 1.29 is 9.53 Å². The lowest BCUT2D eigenvalue weighted by Crippen LogP contribution is -2.00. The lowest BCUT2D eigenvalue weighted by Gasteiger charge is -1.97. The maximum absolute atomic E-state index is 11.5. The molecule has 0 saturated heterocycles. The Balaban J connectivity index is 2.11. The van der Waals surface area contributed by atoms with E-state index in [0.717, 1.165) is 11.0 Å². The van der Waals surface area contributed by atoms with Crippen LogP contribution in [0.5, 0.6) is 0 Å². The number of hydrogen-bond donors (Lipinski definition) is 3. The minimum Gasteiger partial charge on any atom is -0.465 e. The number of anilines is 1. The van der Waals surface area contributed by atoms with E-state index in [-0.39, 0.29) is 5.97 Å². The summed E-state index contributed by atoms with van der Waals surface area (Å²) < 4.78 is 4.67. The molecule has 0 atom stereocenters. The molecule has 0 amide bonds. The molecule has 0 aliphatic rings. The van der Waals surface area contributed by atoms with E-state index in [0.29, 0.717) is 22.8 Å². The van der Waals surface area contributed by atoms with Crippen LogP contribution in [0, 0.1) is 0 Å². The highest BCUT2D eigenvalue weighted by atomic mass is 16.5. The molecule has 0 fully saturated rings. The fourth-order valence-electron chi connectivity index (χ4n) is 1.86. The molecular formula is C12H11N5O2. The van der Waals surface area contributed by atoms with E-state index in [1.54, 1.807) is 18.2 Å². The van der Waals surface area contributed by atoms with E-state index in [4.69, 9.17) is 5.73 Å². The number of fused-ring (bicyclic) bond motifs is 1. The molecule has 96 valence electrons. The highest BCUT2D eigenvalue weighted by molar-refractivity contribution is 5.94. The van der Waals surface area contributed by atoms with Crippen molar-refractivity contribution in [2.45, 2.75) is 0 Å². The predicted molar refractivity (Wildman–Crippen MR) is 69.4 cm³/mol. The lowest BCUT2D eigenvalue weighted by atomic mass is 10.2. The highest BCUT2D eigenvalue weighted by Crippen LogP contribution is 2.23. The minimum atomic E-state index is -0.390. The summed E-state index contributed by atoms with van der Waals surface area (Å²) in [6.07, 6.45) is 1.52. The smallest absolute Gasteiger partial charge is 0.337 e. The summed E-state index contributed by atoms with van der Waals surface area (Å²) in [5.41, 5.74) is 8.82. The molecule has 4 N–H and O–H groups in total. The van der Waals surface area contributed by atoms with Crippen molar-refractivity contribution in [3.8, 4) is 11.5 Å². The number of methoxy groups -OCH3 is 1. The van der Waals surface area contributed by atoms with Gasteiger partial charge in [0.05, 0.1) is 35.6 Å². The van der Waals surface area contributed by atoms with Crippen molar-refractivity contribution in [3.05, 3.63) is 30.0 Å². The number of esters is 1. The zero-order chi connectivity index (χ0) is 13.4. The maximum Gasteiger partial charge on any atom is 0.337 e. The Morgan fingerprint density at radius 2 is 2.26 bits per heavy atom. The summed E-state index contributed by atoms with van der Waals surface area (Å²) in [6.45, 7) is 0. The van der Waals surface area contributed by atoms with Crippen LogP contribution in [-0.4, -0.2) is 33.2 Å². The van der Waals surface area contributed by atoms with Gasteiger partial charge in [-0.05, 0) is 18.2 Å². The molecule has 0 aliphatic carbocycles. The number of aromatic amines is 2. The minimum absolute atomic E-state index is 0.390. The fourth-order valence-corrected chi connectivity index (χ4v) is 1.86. The van der Waals surface area contributed by atoms with Gasteiger partial charge in [-0.25, -0.2) is 9.78 Å². The molecular weight excluding hydrogens is 246 g/mol. The van der Waals surface area contributed by atoms with Crippen LogP contribution in [0.4, 0.5) is 5.69 Å². The highest BCUT2D eigenvalue weighted by Gasteiger charge is 2.12. The van der Waals surface area contributed by atoms with Crippen LogP contribution < -0.4 is 5.73 Å². The molecule has 0 aliphatic heterocycles. The summed E-state index contributed by atoms with van der Waals surface area (Å²) in [4.78, 5) is 18.9. The van der Waals surface area contributed by atoms with Gasteiger partial charge >= 0.3 is 5.97 Å². The Hall–Kier alpha value is -2.83. The number of nitrogen functional groups attached to an aromatic ring is 1. The molecule has 0 radical (unpaired) electrons. The number of benzene rings is 1. The van der Waals surface area contributed by atoms with Gasteiger partial charge in [0.25, 0.3) is 0 Å². The number of aromatic nitrogens is 4. The van der Waals surface area contributed by atoms with Crippen molar-refractivity contribution in [1.29, 1.82) is 0 Å². The van der Waals surface area contributed by atoms with Crippen molar-refractivity contribution in [2.75, 3.05) is 12.8 Å². The van der Waals surface area contributed by atoms with Crippen LogP contribution >= 0.6 is 0 Å². The molecule has 0 bridgehead atoms. The Morgan fingerprint density at radius 1 is 1.42 bits per heavy atom. The average Bonchev–Trinajstić information content (AvgIpc) is 3.02. The van der Waals surface area contributed by atoms with Gasteiger partial charge in [-0.3, -0.25) is 5.10 Å². The van der Waals surface area contributed by atoms with Crippen molar-refractivity contribution in [3.63, 3.8) is 0 Å². The average molecular weight is 257 g/mol. The van der Waals surface area contributed by atoms with Crippen LogP contribution in [0.3, 0.4) is 0 Å². The fraction of sp³-hybridized carbons (Fsp3) is 0.0833. The van der Waals surface area contributed by atoms with Gasteiger partial charge in [0.1, 0.15) is 5.69 Å². The Bertz CT molecular complexity index is 758. The number of nitrogens with zero attached hydrogens (tertiary/aromatic N) is 2. The Labute approximate surface area is 107 Å². The second-order valence-corrected chi connectivity index (χ2v) is 4.01. The molecule has 2 aromatic heterocycles. The first-order valence-corrected chi connectivity index (χ1v) is 5.56. The summed E-state index contributed by atoms with van der Waals surface area (Å²) in [5.74, 6) is 0.186. The Morgan fingerprint density at radius 3 is 2.95 bits per heavy atom. The molecule has 0 unspecified atom stereocenters. The third kappa shape index (κ3) is 1.81. The number of carbonyl (C=O) groups is 1. The molecule has 3 rings (SSSR count).